The number of ether oxygens (including phenoxy) is 1. The van der Waals surface area contributed by atoms with Crippen LogP contribution in [0.5, 0.6) is 5.75 Å². The molecule has 1 amide bonds. The van der Waals surface area contributed by atoms with Gasteiger partial charge in [0.1, 0.15) is 17.1 Å². The first-order valence-corrected chi connectivity index (χ1v) is 12.4. The summed E-state index contributed by atoms with van der Waals surface area (Å²) in [6.45, 7) is 3.56. The minimum absolute atomic E-state index is 0.0627. The number of nitrogens with one attached hydrogen (secondary N) is 1. The molecule has 2 aromatic heterocycles. The Morgan fingerprint density at radius 3 is 2.53 bits per heavy atom. The van der Waals surface area contributed by atoms with E-state index in [1.54, 1.807) is 7.11 Å². The molecule has 0 aliphatic carbocycles. The van der Waals surface area contributed by atoms with Gasteiger partial charge in [-0.25, -0.2) is 0 Å². The van der Waals surface area contributed by atoms with E-state index in [1.807, 2.05) is 42.5 Å². The molecule has 5 rings (SSSR count). The van der Waals surface area contributed by atoms with Crippen molar-refractivity contribution in [3.63, 3.8) is 0 Å². The normalized spacial score (nSPS) is 13.2. The molecule has 2 aromatic carbocycles. The second-order valence-corrected chi connectivity index (χ2v) is 9.45. The third-order valence-corrected chi connectivity index (χ3v) is 7.22. The highest BCUT2D eigenvalue weighted by Gasteiger charge is 2.29. The molecule has 5 nitrogen and oxygen atoms in total. The SMILES string of the molecule is CCCNC(=O)c1c(-c2ccc(OC)cc2)c2c3n(c(-c4ccc(Cl)c(Cl)c4)cn13)CCCC2. The zero-order valence-corrected chi connectivity index (χ0v) is 20.8. The molecule has 7 heteroatoms. The van der Waals surface area contributed by atoms with Gasteiger partial charge in [-0.05, 0) is 55.5 Å². The van der Waals surface area contributed by atoms with Gasteiger partial charge in [-0.3, -0.25) is 9.20 Å². The Morgan fingerprint density at radius 2 is 1.82 bits per heavy atom. The quantitative estimate of drug-likeness (QED) is 0.317. The van der Waals surface area contributed by atoms with E-state index < -0.39 is 0 Å². The van der Waals surface area contributed by atoms with E-state index in [0.717, 1.165) is 66.0 Å². The first kappa shape index (κ1) is 22.9. The van der Waals surface area contributed by atoms with Crippen LogP contribution in [-0.4, -0.2) is 28.5 Å². The predicted octanol–water partition coefficient (Wildman–Crippen LogP) is 6.87. The van der Waals surface area contributed by atoms with Crippen molar-refractivity contribution in [3.8, 4) is 28.1 Å². The van der Waals surface area contributed by atoms with Gasteiger partial charge >= 0.3 is 0 Å². The van der Waals surface area contributed by atoms with Crippen LogP contribution in [0, 0.1) is 0 Å². The highest BCUT2D eigenvalue weighted by atomic mass is 35.5. The lowest BCUT2D eigenvalue weighted by Crippen LogP contribution is -2.25. The van der Waals surface area contributed by atoms with Crippen molar-refractivity contribution in [3.05, 3.63) is 70.0 Å². The summed E-state index contributed by atoms with van der Waals surface area (Å²) in [6.07, 6.45) is 5.98. The van der Waals surface area contributed by atoms with E-state index in [4.69, 9.17) is 27.9 Å². The standard InChI is InChI=1S/C27H27Cl2N3O2/c1-3-13-30-26(33)25-24(17-7-10-19(34-2)11-8-17)20-6-4-5-14-31-23(16-32(25)27(20)31)18-9-12-21(28)22(29)15-18/h7-12,15-16H,3-6,13-14H2,1-2H3,(H,30,33). The molecular weight excluding hydrogens is 469 g/mol. The maximum atomic E-state index is 13.5. The lowest BCUT2D eigenvalue weighted by atomic mass is 9.97. The van der Waals surface area contributed by atoms with Crippen LogP contribution in [0.4, 0.5) is 0 Å². The smallest absolute Gasteiger partial charge is 0.268 e. The van der Waals surface area contributed by atoms with Gasteiger partial charge in [0.05, 0.1) is 22.8 Å². The zero-order chi connectivity index (χ0) is 23.8. The molecule has 3 heterocycles. The van der Waals surface area contributed by atoms with Crippen LogP contribution in [-0.2, 0) is 13.0 Å². The molecule has 4 aromatic rings. The van der Waals surface area contributed by atoms with Crippen LogP contribution in [0.1, 0.15) is 42.2 Å². The average molecular weight is 496 g/mol. The number of rotatable bonds is 6. The number of aryl methyl sites for hydroxylation is 2. The molecule has 0 saturated heterocycles. The number of benzene rings is 2. The third-order valence-electron chi connectivity index (χ3n) is 6.48. The highest BCUT2D eigenvalue weighted by molar-refractivity contribution is 6.42. The Balaban J connectivity index is 1.79. The summed E-state index contributed by atoms with van der Waals surface area (Å²) < 4.78 is 9.76. The Labute approximate surface area is 209 Å². The number of hydrogen-bond donors (Lipinski definition) is 1. The topological polar surface area (TPSA) is 47.7 Å². The maximum Gasteiger partial charge on any atom is 0.268 e. The molecule has 0 saturated carbocycles. The number of carbonyl (C=O) groups excluding carboxylic acids is 1. The molecule has 1 aliphatic heterocycles. The van der Waals surface area contributed by atoms with Gasteiger partial charge in [-0.2, -0.15) is 0 Å². The van der Waals surface area contributed by atoms with Crippen LogP contribution >= 0.6 is 23.2 Å². The van der Waals surface area contributed by atoms with Crippen molar-refractivity contribution in [1.29, 1.82) is 0 Å². The number of hydrogen-bond acceptors (Lipinski definition) is 2. The van der Waals surface area contributed by atoms with Crippen molar-refractivity contribution in [1.82, 2.24) is 14.3 Å². The number of halogens is 2. The van der Waals surface area contributed by atoms with Gasteiger partial charge in [0.25, 0.3) is 5.91 Å². The fourth-order valence-electron chi connectivity index (χ4n) is 4.89. The number of aromatic nitrogens is 2. The largest absolute Gasteiger partial charge is 0.497 e. The molecule has 0 unspecified atom stereocenters. The second kappa shape index (κ2) is 9.40. The molecule has 34 heavy (non-hydrogen) atoms. The zero-order valence-electron chi connectivity index (χ0n) is 19.3. The summed E-state index contributed by atoms with van der Waals surface area (Å²) in [4.78, 5) is 13.5. The summed E-state index contributed by atoms with van der Waals surface area (Å²) in [7, 11) is 1.66. The van der Waals surface area contributed by atoms with Crippen LogP contribution in [0.2, 0.25) is 10.0 Å². The molecule has 0 bridgehead atoms. The summed E-state index contributed by atoms with van der Waals surface area (Å²) in [5, 5.41) is 4.15. The van der Waals surface area contributed by atoms with Gasteiger partial charge in [0.2, 0.25) is 0 Å². The lowest BCUT2D eigenvalue weighted by Gasteiger charge is -2.11. The molecule has 0 radical (unpaired) electrons. The summed E-state index contributed by atoms with van der Waals surface area (Å²) in [5.41, 5.74) is 6.99. The molecule has 176 valence electrons. The maximum absolute atomic E-state index is 13.5. The fourth-order valence-corrected chi connectivity index (χ4v) is 5.18. The Kier molecular flexibility index (Phi) is 6.32. The van der Waals surface area contributed by atoms with Gasteiger partial charge in [-0.15, -0.1) is 0 Å². The van der Waals surface area contributed by atoms with Crippen LogP contribution < -0.4 is 10.1 Å². The average Bonchev–Trinajstić information content (AvgIpc) is 3.27. The van der Waals surface area contributed by atoms with E-state index >= 15 is 0 Å². The fraction of sp³-hybridized carbons (Fsp3) is 0.296. The first-order valence-electron chi connectivity index (χ1n) is 11.7. The molecule has 0 atom stereocenters. The van der Waals surface area contributed by atoms with Gasteiger partial charge < -0.3 is 14.6 Å². The first-order chi connectivity index (χ1) is 16.5. The van der Waals surface area contributed by atoms with Gasteiger partial charge in [0.15, 0.2) is 0 Å². The predicted molar refractivity (Wildman–Crippen MR) is 138 cm³/mol. The van der Waals surface area contributed by atoms with Crippen molar-refractivity contribution >= 4 is 34.8 Å². The van der Waals surface area contributed by atoms with Crippen LogP contribution in [0.3, 0.4) is 0 Å². The van der Waals surface area contributed by atoms with Crippen molar-refractivity contribution < 1.29 is 9.53 Å². The van der Waals surface area contributed by atoms with E-state index in [-0.39, 0.29) is 5.91 Å². The number of imidazole rings is 1. The minimum Gasteiger partial charge on any atom is -0.497 e. The van der Waals surface area contributed by atoms with Gasteiger partial charge in [-0.1, -0.05) is 48.3 Å². The molecule has 0 spiro atoms. The molecule has 1 aliphatic rings. The van der Waals surface area contributed by atoms with E-state index in [9.17, 15) is 4.79 Å². The highest BCUT2D eigenvalue weighted by Crippen LogP contribution is 2.40. The second-order valence-electron chi connectivity index (χ2n) is 8.63. The minimum atomic E-state index is -0.0627. The number of methoxy groups -OCH3 is 1. The number of carbonyl (C=O) groups is 1. The van der Waals surface area contributed by atoms with Crippen LogP contribution in [0.25, 0.3) is 28.0 Å². The van der Waals surface area contributed by atoms with Crippen molar-refractivity contribution in [2.75, 3.05) is 13.7 Å². The lowest BCUT2D eigenvalue weighted by molar-refractivity contribution is 0.0948. The van der Waals surface area contributed by atoms with E-state index in [1.165, 1.54) is 5.56 Å². The third kappa shape index (κ3) is 3.87. The molecule has 0 fully saturated rings. The number of nitrogens with zero attached hydrogens (tertiary/aromatic N) is 2. The van der Waals surface area contributed by atoms with Crippen molar-refractivity contribution in [2.24, 2.45) is 0 Å². The monoisotopic (exact) mass is 495 g/mol. The van der Waals surface area contributed by atoms with Crippen LogP contribution in [0.15, 0.2) is 48.7 Å². The van der Waals surface area contributed by atoms with E-state index in [0.29, 0.717) is 22.3 Å². The Bertz CT molecular complexity index is 1370. The van der Waals surface area contributed by atoms with Crippen molar-refractivity contribution in [2.45, 2.75) is 39.2 Å². The summed E-state index contributed by atoms with van der Waals surface area (Å²) in [6, 6.07) is 13.7. The Hall–Kier alpha value is -2.89. The molecule has 1 N–H and O–H groups in total. The summed E-state index contributed by atoms with van der Waals surface area (Å²) in [5.74, 6) is 0.731. The van der Waals surface area contributed by atoms with Gasteiger partial charge in [0, 0.05) is 36.0 Å². The summed E-state index contributed by atoms with van der Waals surface area (Å²) >= 11 is 12.5. The number of amides is 1. The molecular formula is C27H27Cl2N3O2. The van der Waals surface area contributed by atoms with E-state index in [2.05, 4.69) is 27.4 Å². The Morgan fingerprint density at radius 1 is 1.06 bits per heavy atom.